The number of nitrogens with one attached hydrogen (secondary N) is 1. The van der Waals surface area contributed by atoms with E-state index in [0.29, 0.717) is 25.3 Å². The van der Waals surface area contributed by atoms with Crippen molar-refractivity contribution in [3.8, 4) is 0 Å². The van der Waals surface area contributed by atoms with Gasteiger partial charge in [-0.25, -0.2) is 0 Å². The normalized spacial score (nSPS) is 14.9. The predicted octanol–water partition coefficient (Wildman–Crippen LogP) is 2.65. The average Bonchev–Trinajstić information content (AvgIpc) is 2.47. The summed E-state index contributed by atoms with van der Waals surface area (Å²) in [6.07, 6.45) is 3.04. The first-order valence-corrected chi connectivity index (χ1v) is 6.95. The molecule has 0 radical (unpaired) electrons. The van der Waals surface area contributed by atoms with Crippen molar-refractivity contribution in [2.24, 2.45) is 0 Å². The first-order chi connectivity index (χ1) is 9.65. The van der Waals surface area contributed by atoms with Crippen molar-refractivity contribution in [3.63, 3.8) is 0 Å². The molecule has 1 saturated heterocycles. The van der Waals surface area contributed by atoms with Gasteiger partial charge in [-0.1, -0.05) is 6.07 Å². The molecule has 1 aliphatic heterocycles. The molecule has 0 bridgehead atoms. The van der Waals surface area contributed by atoms with Gasteiger partial charge in [-0.05, 0) is 38.3 Å². The Bertz CT molecular complexity index is 510. The third-order valence-electron chi connectivity index (χ3n) is 3.46. The van der Waals surface area contributed by atoms with E-state index in [-0.39, 0.29) is 17.2 Å². The van der Waals surface area contributed by atoms with Crippen molar-refractivity contribution >= 4 is 17.3 Å². The Labute approximate surface area is 117 Å². The highest BCUT2D eigenvalue weighted by atomic mass is 16.6. The lowest BCUT2D eigenvalue weighted by atomic mass is 10.1. The van der Waals surface area contributed by atoms with Crippen LogP contribution in [0.3, 0.4) is 0 Å². The molecule has 1 amide bonds. The minimum atomic E-state index is -0.477. The van der Waals surface area contributed by atoms with Crippen LogP contribution in [-0.4, -0.2) is 35.4 Å². The van der Waals surface area contributed by atoms with Gasteiger partial charge >= 0.3 is 5.69 Å². The van der Waals surface area contributed by atoms with Crippen molar-refractivity contribution in [2.45, 2.75) is 26.2 Å². The monoisotopic (exact) mass is 277 g/mol. The Morgan fingerprint density at radius 2 is 2.05 bits per heavy atom. The number of hydrogen-bond donors (Lipinski definition) is 1. The van der Waals surface area contributed by atoms with Crippen LogP contribution < -0.4 is 5.32 Å². The van der Waals surface area contributed by atoms with Crippen LogP contribution in [-0.2, 0) is 0 Å². The number of piperidine rings is 1. The summed E-state index contributed by atoms with van der Waals surface area (Å²) in [7, 11) is 0. The maximum absolute atomic E-state index is 12.5. The molecule has 0 atom stereocenters. The molecule has 0 saturated carbocycles. The van der Waals surface area contributed by atoms with E-state index in [1.54, 1.807) is 17.0 Å². The van der Waals surface area contributed by atoms with Crippen molar-refractivity contribution in [3.05, 3.63) is 33.9 Å². The van der Waals surface area contributed by atoms with E-state index in [1.165, 1.54) is 6.07 Å². The topological polar surface area (TPSA) is 75.5 Å². The summed E-state index contributed by atoms with van der Waals surface area (Å²) in [6.45, 7) is 3.80. The molecular formula is C14H19N3O3. The summed E-state index contributed by atoms with van der Waals surface area (Å²) >= 11 is 0. The summed E-state index contributed by atoms with van der Waals surface area (Å²) in [4.78, 5) is 25.0. The number of anilines is 1. The van der Waals surface area contributed by atoms with E-state index in [4.69, 9.17) is 0 Å². The maximum Gasteiger partial charge on any atom is 0.305 e. The number of nitro groups is 1. The summed E-state index contributed by atoms with van der Waals surface area (Å²) in [6, 6.07) is 4.85. The lowest BCUT2D eigenvalue weighted by Crippen LogP contribution is -2.36. The molecule has 6 heteroatoms. The minimum absolute atomic E-state index is 0.120. The first-order valence-electron chi connectivity index (χ1n) is 6.95. The number of carbonyl (C=O) groups is 1. The number of nitrogens with zero attached hydrogens (tertiary/aromatic N) is 2. The Balaban J connectivity index is 2.36. The van der Waals surface area contributed by atoms with Crippen LogP contribution in [0.1, 0.15) is 36.5 Å². The summed E-state index contributed by atoms with van der Waals surface area (Å²) < 4.78 is 0. The molecule has 2 rings (SSSR count). The van der Waals surface area contributed by atoms with E-state index in [1.807, 2.05) is 6.92 Å². The molecule has 1 aromatic rings. The fourth-order valence-electron chi connectivity index (χ4n) is 2.51. The third kappa shape index (κ3) is 2.89. The van der Waals surface area contributed by atoms with Gasteiger partial charge in [-0.15, -0.1) is 0 Å². The van der Waals surface area contributed by atoms with Crippen LogP contribution in [0.4, 0.5) is 11.4 Å². The zero-order valence-electron chi connectivity index (χ0n) is 11.6. The molecule has 1 aliphatic rings. The van der Waals surface area contributed by atoms with Gasteiger partial charge in [0.05, 0.1) is 4.92 Å². The van der Waals surface area contributed by atoms with Gasteiger partial charge < -0.3 is 10.2 Å². The van der Waals surface area contributed by atoms with Crippen LogP contribution in [0.15, 0.2) is 18.2 Å². The van der Waals surface area contributed by atoms with E-state index in [9.17, 15) is 14.9 Å². The van der Waals surface area contributed by atoms with E-state index < -0.39 is 4.92 Å². The van der Waals surface area contributed by atoms with E-state index >= 15 is 0 Å². The van der Waals surface area contributed by atoms with Crippen molar-refractivity contribution in [2.75, 3.05) is 25.0 Å². The molecule has 0 aromatic heterocycles. The number of benzene rings is 1. The zero-order chi connectivity index (χ0) is 14.5. The van der Waals surface area contributed by atoms with Crippen molar-refractivity contribution in [1.82, 2.24) is 4.90 Å². The predicted molar refractivity (Wildman–Crippen MR) is 77.0 cm³/mol. The van der Waals surface area contributed by atoms with Crippen LogP contribution >= 0.6 is 0 Å². The maximum atomic E-state index is 12.5. The minimum Gasteiger partial charge on any atom is -0.380 e. The van der Waals surface area contributed by atoms with Gasteiger partial charge in [0, 0.05) is 19.6 Å². The number of likely N-dealkylation sites (tertiary alicyclic amines) is 1. The SMILES string of the molecule is CCNc1cccc(C(=O)N2CCCCC2)c1[N+](=O)[O-]. The fraction of sp³-hybridized carbons (Fsp3) is 0.500. The molecule has 108 valence electrons. The number of para-hydroxylation sites is 1. The molecule has 1 N–H and O–H groups in total. The second kappa shape index (κ2) is 6.36. The number of hydrogen-bond acceptors (Lipinski definition) is 4. The van der Waals surface area contributed by atoms with Gasteiger partial charge in [-0.2, -0.15) is 0 Å². The molecule has 1 heterocycles. The third-order valence-corrected chi connectivity index (χ3v) is 3.46. The quantitative estimate of drug-likeness (QED) is 0.678. The lowest BCUT2D eigenvalue weighted by Gasteiger charge is -2.26. The highest BCUT2D eigenvalue weighted by Gasteiger charge is 2.28. The highest BCUT2D eigenvalue weighted by Crippen LogP contribution is 2.30. The van der Waals surface area contributed by atoms with Gasteiger partial charge in [0.25, 0.3) is 5.91 Å². The summed E-state index contributed by atoms with van der Waals surface area (Å²) in [5.41, 5.74) is 0.459. The number of nitro benzene ring substituents is 1. The second-order valence-corrected chi connectivity index (χ2v) is 4.84. The highest BCUT2D eigenvalue weighted by molar-refractivity contribution is 6.00. The molecule has 0 unspecified atom stereocenters. The van der Waals surface area contributed by atoms with Crippen LogP contribution in [0, 0.1) is 10.1 Å². The average molecular weight is 277 g/mol. The Kier molecular flexibility index (Phi) is 4.55. The fourth-order valence-corrected chi connectivity index (χ4v) is 2.51. The van der Waals surface area contributed by atoms with Crippen LogP contribution in [0.25, 0.3) is 0 Å². The van der Waals surface area contributed by atoms with Crippen molar-refractivity contribution < 1.29 is 9.72 Å². The molecular weight excluding hydrogens is 258 g/mol. The largest absolute Gasteiger partial charge is 0.380 e. The van der Waals surface area contributed by atoms with Crippen LogP contribution in [0.2, 0.25) is 0 Å². The number of carbonyl (C=O) groups excluding carboxylic acids is 1. The Morgan fingerprint density at radius 3 is 2.65 bits per heavy atom. The van der Waals surface area contributed by atoms with Gasteiger partial charge in [0.2, 0.25) is 0 Å². The number of rotatable bonds is 4. The summed E-state index contributed by atoms with van der Waals surface area (Å²) in [5.74, 6) is -0.240. The molecule has 0 aliphatic carbocycles. The van der Waals surface area contributed by atoms with Crippen molar-refractivity contribution in [1.29, 1.82) is 0 Å². The molecule has 1 aromatic carbocycles. The first kappa shape index (κ1) is 14.3. The molecule has 1 fully saturated rings. The standard InChI is InChI=1S/C14H19N3O3/c1-2-15-12-8-6-7-11(13(12)17(19)20)14(18)16-9-4-3-5-10-16/h6-8,15H,2-5,9-10H2,1H3. The Hall–Kier alpha value is -2.11. The molecule has 20 heavy (non-hydrogen) atoms. The Morgan fingerprint density at radius 1 is 1.35 bits per heavy atom. The van der Waals surface area contributed by atoms with Crippen LogP contribution in [0.5, 0.6) is 0 Å². The molecule has 6 nitrogen and oxygen atoms in total. The smallest absolute Gasteiger partial charge is 0.305 e. The van der Waals surface area contributed by atoms with Gasteiger partial charge in [-0.3, -0.25) is 14.9 Å². The van der Waals surface area contributed by atoms with Gasteiger partial charge in [0.1, 0.15) is 11.3 Å². The second-order valence-electron chi connectivity index (χ2n) is 4.84. The van der Waals surface area contributed by atoms with E-state index in [2.05, 4.69) is 5.32 Å². The van der Waals surface area contributed by atoms with Gasteiger partial charge in [0.15, 0.2) is 0 Å². The zero-order valence-corrected chi connectivity index (χ0v) is 11.6. The van der Waals surface area contributed by atoms with E-state index in [0.717, 1.165) is 19.3 Å². The summed E-state index contributed by atoms with van der Waals surface area (Å²) in [5, 5.41) is 14.2. The molecule has 0 spiro atoms. The number of amides is 1. The lowest BCUT2D eigenvalue weighted by molar-refractivity contribution is -0.384.